The number of hydrogen-bond acceptors (Lipinski definition) is 5. The molecule has 2 heterocycles. The maximum atomic E-state index is 11.9. The highest BCUT2D eigenvalue weighted by atomic mass is 16.5. The van der Waals surface area contributed by atoms with Crippen LogP contribution in [-0.2, 0) is 24.2 Å². The molecular formula is C19H20N4O2. The number of rotatable bonds is 7. The number of pyridine rings is 1. The van der Waals surface area contributed by atoms with E-state index >= 15 is 0 Å². The first-order valence-electron chi connectivity index (χ1n) is 8.32. The molecule has 3 rings (SSSR count). The summed E-state index contributed by atoms with van der Waals surface area (Å²) in [5.74, 6) is 0.965. The molecule has 0 spiro atoms. The number of nitrogens with zero attached hydrogens (tertiary/aromatic N) is 3. The molecule has 0 aliphatic heterocycles. The number of amides is 1. The van der Waals surface area contributed by atoms with Crippen LogP contribution in [0.25, 0.3) is 11.4 Å². The molecule has 0 atom stereocenters. The summed E-state index contributed by atoms with van der Waals surface area (Å²) in [5.41, 5.74) is 3.19. The van der Waals surface area contributed by atoms with E-state index in [1.165, 1.54) is 5.56 Å². The quantitative estimate of drug-likeness (QED) is 0.717. The van der Waals surface area contributed by atoms with E-state index in [4.69, 9.17) is 4.52 Å². The zero-order chi connectivity index (χ0) is 17.5. The van der Waals surface area contributed by atoms with Crippen molar-refractivity contribution in [1.82, 2.24) is 20.4 Å². The summed E-state index contributed by atoms with van der Waals surface area (Å²) < 4.78 is 5.24. The Bertz CT molecular complexity index is 813. The van der Waals surface area contributed by atoms with Gasteiger partial charge in [0.05, 0.1) is 0 Å². The van der Waals surface area contributed by atoms with E-state index in [2.05, 4.69) is 39.5 Å². The summed E-state index contributed by atoms with van der Waals surface area (Å²) >= 11 is 0. The van der Waals surface area contributed by atoms with Crippen molar-refractivity contribution in [2.24, 2.45) is 0 Å². The Morgan fingerprint density at radius 2 is 1.84 bits per heavy atom. The van der Waals surface area contributed by atoms with E-state index in [1.807, 2.05) is 24.3 Å². The van der Waals surface area contributed by atoms with Gasteiger partial charge >= 0.3 is 0 Å². The van der Waals surface area contributed by atoms with Crippen LogP contribution >= 0.6 is 0 Å². The summed E-state index contributed by atoms with van der Waals surface area (Å²) in [6, 6.07) is 11.8. The molecule has 0 radical (unpaired) electrons. The Labute approximate surface area is 146 Å². The van der Waals surface area contributed by atoms with Gasteiger partial charge in [-0.05, 0) is 29.7 Å². The Morgan fingerprint density at radius 3 is 2.56 bits per heavy atom. The molecule has 6 heteroatoms. The fourth-order valence-corrected chi connectivity index (χ4v) is 2.37. The van der Waals surface area contributed by atoms with Gasteiger partial charge in [0, 0.05) is 37.3 Å². The minimum Gasteiger partial charge on any atom is -0.352 e. The molecule has 0 saturated carbocycles. The van der Waals surface area contributed by atoms with Crippen molar-refractivity contribution >= 4 is 5.91 Å². The van der Waals surface area contributed by atoms with Gasteiger partial charge in [-0.3, -0.25) is 9.78 Å². The second kappa shape index (κ2) is 8.19. The third-order valence-corrected chi connectivity index (χ3v) is 3.89. The highest BCUT2D eigenvalue weighted by molar-refractivity contribution is 5.76. The Kier molecular flexibility index (Phi) is 5.51. The second-order valence-electron chi connectivity index (χ2n) is 5.69. The number of carbonyl (C=O) groups excluding carboxylic acids is 1. The Hall–Kier alpha value is -3.02. The maximum absolute atomic E-state index is 11.9. The molecule has 0 aliphatic carbocycles. The molecule has 0 fully saturated rings. The van der Waals surface area contributed by atoms with Gasteiger partial charge in [0.2, 0.25) is 17.6 Å². The van der Waals surface area contributed by atoms with Crippen molar-refractivity contribution < 1.29 is 9.32 Å². The maximum Gasteiger partial charge on any atom is 0.227 e. The van der Waals surface area contributed by atoms with Crippen LogP contribution in [0.2, 0.25) is 0 Å². The molecule has 0 unspecified atom stereocenters. The number of benzene rings is 1. The van der Waals surface area contributed by atoms with Gasteiger partial charge < -0.3 is 9.84 Å². The molecule has 128 valence electrons. The van der Waals surface area contributed by atoms with Crippen molar-refractivity contribution in [1.29, 1.82) is 0 Å². The normalized spacial score (nSPS) is 10.6. The van der Waals surface area contributed by atoms with E-state index in [0.29, 0.717) is 31.1 Å². The first-order chi connectivity index (χ1) is 12.2. The van der Waals surface area contributed by atoms with Crippen molar-refractivity contribution in [3.05, 3.63) is 65.8 Å². The number of aryl methyl sites for hydroxylation is 2. The van der Waals surface area contributed by atoms with Gasteiger partial charge in [0.15, 0.2) is 0 Å². The molecule has 6 nitrogen and oxygen atoms in total. The summed E-state index contributed by atoms with van der Waals surface area (Å²) in [7, 11) is 0. The zero-order valence-corrected chi connectivity index (χ0v) is 14.1. The minimum atomic E-state index is -0.0520. The van der Waals surface area contributed by atoms with Crippen LogP contribution in [0.3, 0.4) is 0 Å². The number of hydrogen-bond donors (Lipinski definition) is 1. The predicted octanol–water partition coefficient (Wildman–Crippen LogP) is 2.94. The lowest BCUT2D eigenvalue weighted by Gasteiger charge is -2.03. The predicted molar refractivity (Wildman–Crippen MR) is 93.5 cm³/mol. The standard InChI is InChI=1S/C19H20N4O2/c1-2-14-3-5-16(6-4-14)19-22-18(25-23-19)8-7-17(24)21-13-15-9-11-20-12-10-15/h3-6,9-12H,2,7-8,13H2,1H3,(H,21,24). The second-order valence-corrected chi connectivity index (χ2v) is 5.69. The number of carbonyl (C=O) groups is 1. The average molecular weight is 336 g/mol. The van der Waals surface area contributed by atoms with E-state index in [9.17, 15) is 4.79 Å². The molecule has 3 aromatic rings. The molecule has 0 saturated heterocycles. The van der Waals surface area contributed by atoms with Gasteiger partial charge in [-0.25, -0.2) is 0 Å². The lowest BCUT2D eigenvalue weighted by molar-refractivity contribution is -0.121. The fraction of sp³-hybridized carbons (Fsp3) is 0.263. The molecule has 1 aromatic carbocycles. The van der Waals surface area contributed by atoms with Crippen LogP contribution in [0, 0.1) is 0 Å². The third kappa shape index (κ3) is 4.73. The lowest BCUT2D eigenvalue weighted by Crippen LogP contribution is -2.23. The SMILES string of the molecule is CCc1ccc(-c2noc(CCC(=O)NCc3ccncc3)n2)cc1. The van der Waals surface area contributed by atoms with Crippen LogP contribution in [0.5, 0.6) is 0 Å². The zero-order valence-electron chi connectivity index (χ0n) is 14.1. The lowest BCUT2D eigenvalue weighted by atomic mass is 10.1. The number of nitrogens with one attached hydrogen (secondary N) is 1. The van der Waals surface area contributed by atoms with Crippen molar-refractivity contribution in [2.75, 3.05) is 0 Å². The van der Waals surface area contributed by atoms with Gasteiger partial charge in [0.1, 0.15) is 0 Å². The Balaban J connectivity index is 1.50. The van der Waals surface area contributed by atoms with Crippen molar-refractivity contribution in [3.63, 3.8) is 0 Å². The molecule has 1 N–H and O–H groups in total. The molecular weight excluding hydrogens is 316 g/mol. The first-order valence-corrected chi connectivity index (χ1v) is 8.32. The van der Waals surface area contributed by atoms with Crippen LogP contribution in [0.4, 0.5) is 0 Å². The first kappa shape index (κ1) is 16.8. The average Bonchev–Trinajstić information content (AvgIpc) is 3.14. The van der Waals surface area contributed by atoms with E-state index < -0.39 is 0 Å². The van der Waals surface area contributed by atoms with Crippen LogP contribution in [0.1, 0.15) is 30.4 Å². The van der Waals surface area contributed by atoms with E-state index in [0.717, 1.165) is 17.5 Å². The summed E-state index contributed by atoms with van der Waals surface area (Å²) in [6.45, 7) is 2.60. The Morgan fingerprint density at radius 1 is 1.08 bits per heavy atom. The highest BCUT2D eigenvalue weighted by Gasteiger charge is 2.10. The molecule has 25 heavy (non-hydrogen) atoms. The molecule has 1 amide bonds. The summed E-state index contributed by atoms with van der Waals surface area (Å²) in [4.78, 5) is 20.2. The van der Waals surface area contributed by atoms with E-state index in [1.54, 1.807) is 12.4 Å². The summed E-state index contributed by atoms with van der Waals surface area (Å²) in [5, 5.41) is 6.85. The smallest absolute Gasteiger partial charge is 0.227 e. The molecule has 2 aromatic heterocycles. The highest BCUT2D eigenvalue weighted by Crippen LogP contribution is 2.17. The van der Waals surface area contributed by atoms with Crippen LogP contribution < -0.4 is 5.32 Å². The van der Waals surface area contributed by atoms with E-state index in [-0.39, 0.29) is 5.91 Å². The van der Waals surface area contributed by atoms with Gasteiger partial charge in [-0.2, -0.15) is 4.98 Å². The minimum absolute atomic E-state index is 0.0520. The largest absolute Gasteiger partial charge is 0.352 e. The third-order valence-electron chi connectivity index (χ3n) is 3.89. The van der Waals surface area contributed by atoms with Crippen LogP contribution in [0.15, 0.2) is 53.3 Å². The monoisotopic (exact) mass is 336 g/mol. The topological polar surface area (TPSA) is 80.9 Å². The molecule has 0 bridgehead atoms. The fourth-order valence-electron chi connectivity index (χ4n) is 2.37. The van der Waals surface area contributed by atoms with Gasteiger partial charge in [-0.1, -0.05) is 36.3 Å². The van der Waals surface area contributed by atoms with Crippen molar-refractivity contribution in [3.8, 4) is 11.4 Å². The van der Waals surface area contributed by atoms with Gasteiger partial charge in [-0.15, -0.1) is 0 Å². The van der Waals surface area contributed by atoms with Crippen LogP contribution in [-0.4, -0.2) is 21.0 Å². The summed E-state index contributed by atoms with van der Waals surface area (Å²) in [6.07, 6.45) is 5.12. The van der Waals surface area contributed by atoms with Crippen molar-refractivity contribution in [2.45, 2.75) is 32.7 Å². The number of aromatic nitrogens is 3. The molecule has 0 aliphatic rings. The van der Waals surface area contributed by atoms with Gasteiger partial charge in [0.25, 0.3) is 0 Å².